The summed E-state index contributed by atoms with van der Waals surface area (Å²) in [7, 11) is 1.59. The SMILES string of the molecule is CO[C@@H](C(=O)N1CCC[C@H](c2cc(C)[nH]n2)C1)c1ccccc1. The molecule has 0 spiro atoms. The molecule has 1 aromatic carbocycles. The van der Waals surface area contributed by atoms with Crippen LogP contribution in [0.1, 0.15) is 41.8 Å². The van der Waals surface area contributed by atoms with E-state index in [4.69, 9.17) is 4.74 Å². The van der Waals surface area contributed by atoms with E-state index in [1.165, 1.54) is 0 Å². The van der Waals surface area contributed by atoms with Crippen molar-refractivity contribution in [3.8, 4) is 0 Å². The third-order valence-electron chi connectivity index (χ3n) is 4.44. The lowest BCUT2D eigenvalue weighted by atomic mass is 9.94. The molecule has 23 heavy (non-hydrogen) atoms. The number of benzene rings is 1. The molecular weight excluding hydrogens is 290 g/mol. The van der Waals surface area contributed by atoms with Gasteiger partial charge in [0.1, 0.15) is 0 Å². The van der Waals surface area contributed by atoms with Crippen molar-refractivity contribution in [2.24, 2.45) is 0 Å². The van der Waals surface area contributed by atoms with Crippen molar-refractivity contribution in [2.75, 3.05) is 20.2 Å². The smallest absolute Gasteiger partial charge is 0.256 e. The Bertz CT molecular complexity index is 653. The number of aromatic nitrogens is 2. The second-order valence-corrected chi connectivity index (χ2v) is 6.13. The zero-order valence-electron chi connectivity index (χ0n) is 13.7. The second-order valence-electron chi connectivity index (χ2n) is 6.13. The summed E-state index contributed by atoms with van der Waals surface area (Å²) in [5.41, 5.74) is 3.01. The molecule has 2 atom stereocenters. The van der Waals surface area contributed by atoms with Gasteiger partial charge < -0.3 is 9.64 Å². The van der Waals surface area contributed by atoms with E-state index in [-0.39, 0.29) is 5.91 Å². The normalized spacial score (nSPS) is 19.6. The molecule has 3 rings (SSSR count). The highest BCUT2D eigenvalue weighted by Crippen LogP contribution is 2.28. The van der Waals surface area contributed by atoms with Crippen LogP contribution < -0.4 is 0 Å². The van der Waals surface area contributed by atoms with Crippen LogP contribution in [0.2, 0.25) is 0 Å². The highest BCUT2D eigenvalue weighted by molar-refractivity contribution is 5.82. The van der Waals surface area contributed by atoms with E-state index in [1.807, 2.05) is 42.2 Å². The summed E-state index contributed by atoms with van der Waals surface area (Å²) < 4.78 is 5.48. The Morgan fingerprint density at radius 1 is 1.39 bits per heavy atom. The number of piperidine rings is 1. The molecule has 0 radical (unpaired) electrons. The van der Waals surface area contributed by atoms with Gasteiger partial charge in [0, 0.05) is 31.8 Å². The maximum absolute atomic E-state index is 12.9. The van der Waals surface area contributed by atoms with Gasteiger partial charge in [-0.3, -0.25) is 9.89 Å². The fraction of sp³-hybridized carbons (Fsp3) is 0.444. The molecule has 0 saturated carbocycles. The average molecular weight is 313 g/mol. The zero-order chi connectivity index (χ0) is 16.2. The topological polar surface area (TPSA) is 58.2 Å². The standard InChI is InChI=1S/C18H23N3O2/c1-13-11-16(20-19-13)15-9-6-10-21(12-15)18(22)17(23-2)14-7-4-3-5-8-14/h3-5,7-8,11,15,17H,6,9-10,12H2,1-2H3,(H,19,20)/t15-,17+/m0/s1. The van der Waals surface area contributed by atoms with Crippen LogP contribution in [0.25, 0.3) is 0 Å². The van der Waals surface area contributed by atoms with E-state index in [9.17, 15) is 4.79 Å². The summed E-state index contributed by atoms with van der Waals surface area (Å²) in [6, 6.07) is 11.7. The summed E-state index contributed by atoms with van der Waals surface area (Å²) >= 11 is 0. The highest BCUT2D eigenvalue weighted by atomic mass is 16.5. The minimum absolute atomic E-state index is 0.0376. The fourth-order valence-corrected chi connectivity index (χ4v) is 3.24. The molecule has 5 heteroatoms. The molecule has 0 bridgehead atoms. The number of carbonyl (C=O) groups is 1. The van der Waals surface area contributed by atoms with E-state index in [1.54, 1.807) is 7.11 Å². The average Bonchev–Trinajstić information content (AvgIpc) is 3.03. The fourth-order valence-electron chi connectivity index (χ4n) is 3.24. The van der Waals surface area contributed by atoms with Gasteiger partial charge in [-0.25, -0.2) is 0 Å². The number of amides is 1. The molecular formula is C18H23N3O2. The first-order valence-corrected chi connectivity index (χ1v) is 8.07. The van der Waals surface area contributed by atoms with E-state index in [0.717, 1.165) is 36.3 Å². The Hall–Kier alpha value is -2.14. The second kappa shape index (κ2) is 6.96. The number of hydrogen-bond acceptors (Lipinski definition) is 3. The Morgan fingerprint density at radius 2 is 2.17 bits per heavy atom. The molecule has 5 nitrogen and oxygen atoms in total. The van der Waals surface area contributed by atoms with E-state index >= 15 is 0 Å². The van der Waals surface area contributed by atoms with Crippen LogP contribution >= 0.6 is 0 Å². The highest BCUT2D eigenvalue weighted by Gasteiger charge is 2.31. The number of nitrogens with zero attached hydrogens (tertiary/aromatic N) is 2. The van der Waals surface area contributed by atoms with E-state index in [2.05, 4.69) is 16.3 Å². The predicted molar refractivity (Wildman–Crippen MR) is 88.1 cm³/mol. The van der Waals surface area contributed by atoms with Crippen LogP contribution in [0.5, 0.6) is 0 Å². The zero-order valence-corrected chi connectivity index (χ0v) is 13.7. The maximum Gasteiger partial charge on any atom is 0.256 e. The minimum atomic E-state index is -0.532. The number of aromatic amines is 1. The summed E-state index contributed by atoms with van der Waals surface area (Å²) in [5, 5.41) is 7.35. The van der Waals surface area contributed by atoms with Crippen LogP contribution in [0.3, 0.4) is 0 Å². The van der Waals surface area contributed by atoms with Gasteiger partial charge in [0.15, 0.2) is 6.10 Å². The molecule has 1 aliphatic heterocycles. The minimum Gasteiger partial charge on any atom is -0.367 e. The molecule has 1 saturated heterocycles. The number of H-pyrrole nitrogens is 1. The number of likely N-dealkylation sites (tertiary alicyclic amines) is 1. The number of rotatable bonds is 4. The Kier molecular flexibility index (Phi) is 4.76. The Labute approximate surface area is 136 Å². The molecule has 0 aliphatic carbocycles. The largest absolute Gasteiger partial charge is 0.367 e. The van der Waals surface area contributed by atoms with Gasteiger partial charge in [-0.15, -0.1) is 0 Å². The van der Waals surface area contributed by atoms with Gasteiger partial charge in [0.25, 0.3) is 5.91 Å². The van der Waals surface area contributed by atoms with Crippen molar-refractivity contribution < 1.29 is 9.53 Å². The van der Waals surface area contributed by atoms with E-state index in [0.29, 0.717) is 12.5 Å². The van der Waals surface area contributed by atoms with Crippen molar-refractivity contribution in [1.82, 2.24) is 15.1 Å². The van der Waals surface area contributed by atoms with E-state index < -0.39 is 6.10 Å². The third-order valence-corrected chi connectivity index (χ3v) is 4.44. The van der Waals surface area contributed by atoms with Crippen molar-refractivity contribution in [3.05, 3.63) is 53.3 Å². The van der Waals surface area contributed by atoms with Crippen molar-refractivity contribution in [2.45, 2.75) is 31.8 Å². The number of aryl methyl sites for hydroxylation is 1. The van der Waals surface area contributed by atoms with Crippen molar-refractivity contribution >= 4 is 5.91 Å². The van der Waals surface area contributed by atoms with Gasteiger partial charge in [0.2, 0.25) is 0 Å². The predicted octanol–water partition coefficient (Wildman–Crippen LogP) is 2.81. The molecule has 1 amide bonds. The molecule has 2 heterocycles. The number of hydrogen-bond donors (Lipinski definition) is 1. The van der Waals surface area contributed by atoms with Gasteiger partial charge in [-0.1, -0.05) is 30.3 Å². The summed E-state index contributed by atoms with van der Waals surface area (Å²) in [6.45, 7) is 3.49. The maximum atomic E-state index is 12.9. The van der Waals surface area contributed by atoms with Gasteiger partial charge in [0.05, 0.1) is 5.69 Å². The number of ether oxygens (including phenoxy) is 1. The molecule has 1 N–H and O–H groups in total. The van der Waals surface area contributed by atoms with Crippen LogP contribution in [0.15, 0.2) is 36.4 Å². The first-order chi connectivity index (χ1) is 11.2. The molecule has 122 valence electrons. The summed E-state index contributed by atoms with van der Waals surface area (Å²) in [5.74, 6) is 0.335. The summed E-state index contributed by atoms with van der Waals surface area (Å²) in [6.07, 6.45) is 1.53. The molecule has 1 fully saturated rings. The monoisotopic (exact) mass is 313 g/mol. The Morgan fingerprint density at radius 3 is 2.83 bits per heavy atom. The van der Waals surface area contributed by atoms with Crippen LogP contribution in [0, 0.1) is 6.92 Å². The molecule has 1 aliphatic rings. The molecule has 1 aromatic heterocycles. The van der Waals surface area contributed by atoms with Gasteiger partial charge in [-0.05, 0) is 31.4 Å². The molecule has 2 aromatic rings. The molecule has 0 unspecified atom stereocenters. The number of nitrogens with one attached hydrogen (secondary N) is 1. The first-order valence-electron chi connectivity index (χ1n) is 8.07. The lowest BCUT2D eigenvalue weighted by molar-refractivity contribution is -0.143. The first kappa shape index (κ1) is 15.7. The quantitative estimate of drug-likeness (QED) is 0.944. The van der Waals surface area contributed by atoms with Crippen LogP contribution in [-0.2, 0) is 9.53 Å². The number of carbonyl (C=O) groups excluding carboxylic acids is 1. The van der Waals surface area contributed by atoms with Crippen molar-refractivity contribution in [3.63, 3.8) is 0 Å². The number of methoxy groups -OCH3 is 1. The summed E-state index contributed by atoms with van der Waals surface area (Å²) in [4.78, 5) is 14.8. The van der Waals surface area contributed by atoms with Gasteiger partial charge in [-0.2, -0.15) is 5.10 Å². The van der Waals surface area contributed by atoms with Gasteiger partial charge >= 0.3 is 0 Å². The lowest BCUT2D eigenvalue weighted by Crippen LogP contribution is -2.42. The Balaban J connectivity index is 1.73. The van der Waals surface area contributed by atoms with Crippen molar-refractivity contribution in [1.29, 1.82) is 0 Å². The lowest BCUT2D eigenvalue weighted by Gasteiger charge is -2.34. The third kappa shape index (κ3) is 3.45. The van der Waals surface area contributed by atoms with Crippen LogP contribution in [0.4, 0.5) is 0 Å². The van der Waals surface area contributed by atoms with Crippen LogP contribution in [-0.4, -0.2) is 41.2 Å².